The number of hydrogen-bond acceptors (Lipinski definition) is 4. The predicted octanol–water partition coefficient (Wildman–Crippen LogP) is 3.25. The van der Waals surface area contributed by atoms with Crippen LogP contribution in [-0.4, -0.2) is 28.3 Å². The molecule has 0 unspecified atom stereocenters. The molecule has 21 heavy (non-hydrogen) atoms. The van der Waals surface area contributed by atoms with Gasteiger partial charge in [-0.3, -0.25) is 4.79 Å². The maximum atomic E-state index is 11.3. The quantitative estimate of drug-likeness (QED) is 0.810. The molecule has 3 rings (SSSR count). The van der Waals surface area contributed by atoms with Gasteiger partial charge >= 0.3 is 0 Å². The zero-order chi connectivity index (χ0) is 15.0. The lowest BCUT2D eigenvalue weighted by atomic mass is 10.1. The van der Waals surface area contributed by atoms with Crippen LogP contribution in [0.5, 0.6) is 0 Å². The van der Waals surface area contributed by atoms with Crippen molar-refractivity contribution in [1.29, 1.82) is 0 Å². The van der Waals surface area contributed by atoms with Gasteiger partial charge in [0.05, 0.1) is 5.69 Å². The van der Waals surface area contributed by atoms with E-state index in [2.05, 4.69) is 21.8 Å². The zero-order valence-corrected chi connectivity index (χ0v) is 12.6. The SMILES string of the molecule is CC(=O)c1ccc(-c2cc(C)nc(N3CC[C@H]3C)n2)cc1. The average molecular weight is 281 g/mol. The first-order valence-electron chi connectivity index (χ1n) is 7.28. The van der Waals surface area contributed by atoms with E-state index in [0.717, 1.165) is 35.0 Å². The molecule has 2 aromatic rings. The van der Waals surface area contributed by atoms with Crippen molar-refractivity contribution in [2.45, 2.75) is 33.2 Å². The molecule has 1 fully saturated rings. The van der Waals surface area contributed by atoms with Gasteiger partial charge in [-0.15, -0.1) is 0 Å². The molecule has 1 atom stereocenters. The molecule has 4 nitrogen and oxygen atoms in total. The van der Waals surface area contributed by atoms with Gasteiger partial charge in [-0.1, -0.05) is 24.3 Å². The molecule has 1 aromatic carbocycles. The fraction of sp³-hybridized carbons (Fsp3) is 0.353. The van der Waals surface area contributed by atoms with Gasteiger partial charge in [0.15, 0.2) is 5.78 Å². The van der Waals surface area contributed by atoms with Crippen LogP contribution in [0, 0.1) is 6.92 Å². The van der Waals surface area contributed by atoms with Crippen molar-refractivity contribution in [1.82, 2.24) is 9.97 Å². The van der Waals surface area contributed by atoms with E-state index in [-0.39, 0.29) is 5.78 Å². The van der Waals surface area contributed by atoms with Crippen molar-refractivity contribution in [3.8, 4) is 11.3 Å². The Balaban J connectivity index is 1.96. The Morgan fingerprint density at radius 3 is 2.48 bits per heavy atom. The molecule has 0 bridgehead atoms. The Morgan fingerprint density at radius 2 is 1.95 bits per heavy atom. The molecule has 1 aliphatic rings. The molecule has 0 amide bonds. The first-order chi connectivity index (χ1) is 10.0. The molecule has 0 radical (unpaired) electrons. The largest absolute Gasteiger partial charge is 0.338 e. The third kappa shape index (κ3) is 2.66. The highest BCUT2D eigenvalue weighted by Crippen LogP contribution is 2.26. The molecule has 0 N–H and O–H groups in total. The number of carbonyl (C=O) groups excluding carboxylic acids is 1. The summed E-state index contributed by atoms with van der Waals surface area (Å²) in [7, 11) is 0. The lowest BCUT2D eigenvalue weighted by Crippen LogP contribution is -2.46. The summed E-state index contributed by atoms with van der Waals surface area (Å²) in [5.41, 5.74) is 3.61. The number of nitrogens with zero attached hydrogens (tertiary/aromatic N) is 3. The Kier molecular flexibility index (Phi) is 3.45. The van der Waals surface area contributed by atoms with E-state index in [0.29, 0.717) is 6.04 Å². The zero-order valence-electron chi connectivity index (χ0n) is 12.6. The number of carbonyl (C=O) groups is 1. The number of Topliss-reactive ketones (excluding diaryl/α,β-unsaturated/α-hetero) is 1. The summed E-state index contributed by atoms with van der Waals surface area (Å²) >= 11 is 0. The topological polar surface area (TPSA) is 46.1 Å². The Morgan fingerprint density at radius 1 is 1.24 bits per heavy atom. The lowest BCUT2D eigenvalue weighted by Gasteiger charge is -2.38. The molecule has 0 spiro atoms. The van der Waals surface area contributed by atoms with Gasteiger partial charge in [0.1, 0.15) is 0 Å². The van der Waals surface area contributed by atoms with Crippen molar-refractivity contribution in [2.75, 3.05) is 11.4 Å². The van der Waals surface area contributed by atoms with Gasteiger partial charge in [0.25, 0.3) is 0 Å². The minimum absolute atomic E-state index is 0.0792. The number of benzene rings is 1. The highest BCUT2D eigenvalue weighted by atomic mass is 16.1. The molecular formula is C17H19N3O. The van der Waals surface area contributed by atoms with Crippen molar-refractivity contribution >= 4 is 11.7 Å². The lowest BCUT2D eigenvalue weighted by molar-refractivity contribution is 0.101. The molecule has 1 aromatic heterocycles. The number of aryl methyl sites for hydroxylation is 1. The highest BCUT2D eigenvalue weighted by Gasteiger charge is 2.26. The van der Waals surface area contributed by atoms with Gasteiger partial charge in [-0.2, -0.15) is 0 Å². The molecule has 1 aliphatic heterocycles. The third-order valence-electron chi connectivity index (χ3n) is 4.01. The van der Waals surface area contributed by atoms with Crippen LogP contribution in [0.2, 0.25) is 0 Å². The molecular weight excluding hydrogens is 262 g/mol. The second-order valence-corrected chi connectivity index (χ2v) is 5.66. The minimum Gasteiger partial charge on any atom is -0.338 e. The molecule has 0 saturated carbocycles. The number of anilines is 1. The molecule has 108 valence electrons. The normalized spacial score (nSPS) is 17.5. The molecule has 0 aliphatic carbocycles. The summed E-state index contributed by atoms with van der Waals surface area (Å²) in [6, 6.07) is 10.1. The van der Waals surface area contributed by atoms with E-state index >= 15 is 0 Å². The van der Waals surface area contributed by atoms with Crippen LogP contribution in [0.3, 0.4) is 0 Å². The number of rotatable bonds is 3. The molecule has 1 saturated heterocycles. The van der Waals surface area contributed by atoms with Crippen LogP contribution >= 0.6 is 0 Å². The van der Waals surface area contributed by atoms with Gasteiger partial charge in [-0.25, -0.2) is 9.97 Å². The minimum atomic E-state index is 0.0792. The van der Waals surface area contributed by atoms with Crippen LogP contribution in [0.4, 0.5) is 5.95 Å². The number of hydrogen-bond donors (Lipinski definition) is 0. The first-order valence-corrected chi connectivity index (χ1v) is 7.28. The number of aromatic nitrogens is 2. The summed E-state index contributed by atoms with van der Waals surface area (Å²) in [5.74, 6) is 0.884. The van der Waals surface area contributed by atoms with E-state index in [1.165, 1.54) is 6.42 Å². The summed E-state index contributed by atoms with van der Waals surface area (Å²) < 4.78 is 0. The highest BCUT2D eigenvalue weighted by molar-refractivity contribution is 5.94. The fourth-order valence-electron chi connectivity index (χ4n) is 2.52. The van der Waals surface area contributed by atoms with Crippen LogP contribution in [0.1, 0.15) is 36.3 Å². The monoisotopic (exact) mass is 281 g/mol. The Hall–Kier alpha value is -2.23. The average Bonchev–Trinajstić information content (AvgIpc) is 2.45. The molecule has 4 heteroatoms. The Bertz CT molecular complexity index is 679. The van der Waals surface area contributed by atoms with E-state index in [1.54, 1.807) is 6.92 Å². The van der Waals surface area contributed by atoms with E-state index in [1.807, 2.05) is 37.3 Å². The summed E-state index contributed by atoms with van der Waals surface area (Å²) in [4.78, 5) is 22.8. The van der Waals surface area contributed by atoms with Crippen molar-refractivity contribution in [3.05, 3.63) is 41.6 Å². The predicted molar refractivity (Wildman–Crippen MR) is 83.6 cm³/mol. The summed E-state index contributed by atoms with van der Waals surface area (Å²) in [6.45, 7) is 6.78. The maximum absolute atomic E-state index is 11.3. The first kappa shape index (κ1) is 13.7. The van der Waals surface area contributed by atoms with Crippen molar-refractivity contribution < 1.29 is 4.79 Å². The Labute approximate surface area is 124 Å². The standard InChI is InChI=1S/C17H19N3O/c1-11-10-16(15-6-4-14(5-7-15)13(3)21)19-17(18-11)20-9-8-12(20)2/h4-7,10,12H,8-9H2,1-3H3/t12-/m1/s1. The van der Waals surface area contributed by atoms with Crippen LogP contribution in [0.15, 0.2) is 30.3 Å². The summed E-state index contributed by atoms with van der Waals surface area (Å²) in [6.07, 6.45) is 1.19. The van der Waals surface area contributed by atoms with Gasteiger partial charge in [-0.05, 0) is 33.3 Å². The molecule has 2 heterocycles. The second-order valence-electron chi connectivity index (χ2n) is 5.66. The van der Waals surface area contributed by atoms with Crippen LogP contribution in [0.25, 0.3) is 11.3 Å². The van der Waals surface area contributed by atoms with Gasteiger partial charge in [0.2, 0.25) is 5.95 Å². The summed E-state index contributed by atoms with van der Waals surface area (Å²) in [5, 5.41) is 0. The van der Waals surface area contributed by atoms with E-state index < -0.39 is 0 Å². The van der Waals surface area contributed by atoms with Crippen molar-refractivity contribution in [2.24, 2.45) is 0 Å². The van der Waals surface area contributed by atoms with Crippen LogP contribution in [-0.2, 0) is 0 Å². The number of ketones is 1. The van der Waals surface area contributed by atoms with E-state index in [9.17, 15) is 4.79 Å². The van der Waals surface area contributed by atoms with E-state index in [4.69, 9.17) is 0 Å². The van der Waals surface area contributed by atoms with Crippen LogP contribution < -0.4 is 4.90 Å². The maximum Gasteiger partial charge on any atom is 0.226 e. The second kappa shape index (κ2) is 5.28. The van der Waals surface area contributed by atoms with Gasteiger partial charge in [0, 0.05) is 29.4 Å². The third-order valence-corrected chi connectivity index (χ3v) is 4.01. The smallest absolute Gasteiger partial charge is 0.226 e. The van der Waals surface area contributed by atoms with Gasteiger partial charge < -0.3 is 4.90 Å². The fourth-order valence-corrected chi connectivity index (χ4v) is 2.52. The van der Waals surface area contributed by atoms with Crippen molar-refractivity contribution in [3.63, 3.8) is 0 Å².